The van der Waals surface area contributed by atoms with Crippen molar-refractivity contribution < 1.29 is 4.74 Å². The van der Waals surface area contributed by atoms with Gasteiger partial charge in [-0.25, -0.2) is 0 Å². The molecule has 0 saturated carbocycles. The van der Waals surface area contributed by atoms with E-state index in [1.54, 1.807) is 23.1 Å². The lowest BCUT2D eigenvalue weighted by atomic mass is 10.1. The summed E-state index contributed by atoms with van der Waals surface area (Å²) in [6.45, 7) is 0.905. The average molecular weight is 305 g/mol. The second kappa shape index (κ2) is 5.35. The van der Waals surface area contributed by atoms with Gasteiger partial charge in [0, 0.05) is 12.4 Å². The highest BCUT2D eigenvalue weighted by Crippen LogP contribution is 2.30. The molecule has 1 saturated heterocycles. The summed E-state index contributed by atoms with van der Waals surface area (Å²) in [4.78, 5) is 0.971. The molecule has 20 heavy (non-hydrogen) atoms. The highest BCUT2D eigenvalue weighted by molar-refractivity contribution is 7.99. The van der Waals surface area contributed by atoms with E-state index >= 15 is 0 Å². The largest absolute Gasteiger partial charge is 0.377 e. The first-order valence-electron chi connectivity index (χ1n) is 6.89. The van der Waals surface area contributed by atoms with E-state index in [-0.39, 0.29) is 0 Å². The van der Waals surface area contributed by atoms with Crippen LogP contribution in [0, 0.1) is 0 Å². The lowest BCUT2D eigenvalue weighted by Gasteiger charge is -2.21. The van der Waals surface area contributed by atoms with Gasteiger partial charge in [0.25, 0.3) is 0 Å². The molecule has 1 aromatic carbocycles. The predicted octanol–water partition coefficient (Wildman–Crippen LogP) is 3.61. The molecule has 2 aromatic heterocycles. The first-order chi connectivity index (χ1) is 9.92. The Morgan fingerprint density at radius 1 is 1.30 bits per heavy atom. The minimum atomic E-state index is 0.367. The third kappa shape index (κ3) is 2.21. The van der Waals surface area contributed by atoms with Crippen molar-refractivity contribution in [2.24, 2.45) is 0 Å². The number of thiazole rings is 1. The van der Waals surface area contributed by atoms with Crippen LogP contribution in [0.5, 0.6) is 0 Å². The molecule has 1 atom stereocenters. The van der Waals surface area contributed by atoms with E-state index in [0.717, 1.165) is 22.5 Å². The highest BCUT2D eigenvalue weighted by atomic mass is 32.2. The molecule has 1 aliphatic heterocycles. The third-order valence-electron chi connectivity index (χ3n) is 3.58. The van der Waals surface area contributed by atoms with Crippen LogP contribution in [-0.4, -0.2) is 33.1 Å². The maximum absolute atomic E-state index is 5.78. The van der Waals surface area contributed by atoms with E-state index in [1.807, 2.05) is 0 Å². The molecule has 0 radical (unpaired) electrons. The molecule has 3 aromatic rings. The molecule has 0 bridgehead atoms. The molecule has 4 rings (SSSR count). The molecule has 1 fully saturated rings. The number of aromatic nitrogens is 3. The molecule has 0 N–H and O–H groups in total. The van der Waals surface area contributed by atoms with Crippen molar-refractivity contribution in [3.63, 3.8) is 0 Å². The minimum absolute atomic E-state index is 0.367. The lowest BCUT2D eigenvalue weighted by molar-refractivity contribution is 0.0315. The van der Waals surface area contributed by atoms with Crippen LogP contribution in [0.3, 0.4) is 0 Å². The Labute approximate surface area is 125 Å². The number of fused-ring (bicyclic) bond motifs is 3. The number of para-hydroxylation sites is 1. The molecule has 4 nitrogen and oxygen atoms in total. The summed E-state index contributed by atoms with van der Waals surface area (Å²) in [5, 5.41) is 9.59. The van der Waals surface area contributed by atoms with Gasteiger partial charge in [-0.3, -0.25) is 4.40 Å². The molecular formula is C14H15N3OS2. The van der Waals surface area contributed by atoms with E-state index in [2.05, 4.69) is 38.9 Å². The third-order valence-corrected chi connectivity index (χ3v) is 5.66. The average Bonchev–Trinajstić information content (AvgIpc) is 3.05. The van der Waals surface area contributed by atoms with E-state index in [9.17, 15) is 0 Å². The zero-order valence-electron chi connectivity index (χ0n) is 11.0. The van der Waals surface area contributed by atoms with Crippen molar-refractivity contribution in [3.8, 4) is 0 Å². The second-order valence-electron chi connectivity index (χ2n) is 4.97. The van der Waals surface area contributed by atoms with Crippen LogP contribution in [0.25, 0.3) is 15.2 Å². The van der Waals surface area contributed by atoms with Gasteiger partial charge < -0.3 is 4.74 Å². The molecular weight excluding hydrogens is 290 g/mol. The van der Waals surface area contributed by atoms with Crippen LogP contribution in [0.15, 0.2) is 29.4 Å². The van der Waals surface area contributed by atoms with Crippen LogP contribution in [0.1, 0.15) is 19.3 Å². The summed E-state index contributed by atoms with van der Waals surface area (Å²) in [6, 6.07) is 8.39. The van der Waals surface area contributed by atoms with Crippen molar-refractivity contribution in [3.05, 3.63) is 24.3 Å². The van der Waals surface area contributed by atoms with Gasteiger partial charge in [0.15, 0.2) is 5.16 Å². The van der Waals surface area contributed by atoms with Crippen molar-refractivity contribution in [2.75, 3.05) is 12.4 Å². The molecule has 3 heterocycles. The van der Waals surface area contributed by atoms with E-state index in [0.29, 0.717) is 6.10 Å². The molecule has 1 aliphatic rings. The topological polar surface area (TPSA) is 39.4 Å². The molecule has 0 aliphatic carbocycles. The number of ether oxygens (including phenoxy) is 1. The van der Waals surface area contributed by atoms with Crippen molar-refractivity contribution in [2.45, 2.75) is 30.5 Å². The number of nitrogens with zero attached hydrogens (tertiary/aromatic N) is 3. The highest BCUT2D eigenvalue weighted by Gasteiger charge is 2.17. The fraction of sp³-hybridized carbons (Fsp3) is 0.429. The smallest absolute Gasteiger partial charge is 0.217 e. The second-order valence-corrected chi connectivity index (χ2v) is 6.97. The molecule has 6 heteroatoms. The number of rotatable bonds is 3. The van der Waals surface area contributed by atoms with Crippen LogP contribution < -0.4 is 0 Å². The minimum Gasteiger partial charge on any atom is -0.377 e. The zero-order chi connectivity index (χ0) is 13.4. The molecule has 0 unspecified atom stereocenters. The van der Waals surface area contributed by atoms with Gasteiger partial charge in [-0.05, 0) is 31.4 Å². The fourth-order valence-electron chi connectivity index (χ4n) is 2.56. The Hall–Kier alpha value is -1.11. The van der Waals surface area contributed by atoms with Crippen LogP contribution >= 0.6 is 23.1 Å². The van der Waals surface area contributed by atoms with Crippen LogP contribution in [0.2, 0.25) is 0 Å². The van der Waals surface area contributed by atoms with E-state index in [1.165, 1.54) is 29.5 Å². The summed E-state index contributed by atoms with van der Waals surface area (Å²) in [7, 11) is 0. The Morgan fingerprint density at radius 3 is 3.15 bits per heavy atom. The van der Waals surface area contributed by atoms with Crippen LogP contribution in [0.4, 0.5) is 0 Å². The Kier molecular flexibility index (Phi) is 3.37. The SMILES string of the molecule is c1ccc2c(c1)sc1nnc(SC[C@H]3CCCCO3)n12. The Bertz CT molecular complexity index is 730. The maximum atomic E-state index is 5.78. The van der Waals surface area contributed by atoms with E-state index in [4.69, 9.17) is 4.74 Å². The summed E-state index contributed by atoms with van der Waals surface area (Å²) in [6.07, 6.45) is 4.01. The maximum Gasteiger partial charge on any atom is 0.217 e. The summed E-state index contributed by atoms with van der Waals surface area (Å²) in [5.74, 6) is 0.963. The standard InChI is InChI=1S/C14H15N3OS2/c1-2-7-12-11(6-1)17-13(15-16-14(17)20-12)19-9-10-5-3-4-8-18-10/h1-2,6-7,10H,3-5,8-9H2/t10-/m1/s1. The van der Waals surface area contributed by atoms with Crippen molar-refractivity contribution in [1.82, 2.24) is 14.6 Å². The van der Waals surface area contributed by atoms with E-state index < -0.39 is 0 Å². The lowest BCUT2D eigenvalue weighted by Crippen LogP contribution is -2.21. The van der Waals surface area contributed by atoms with Gasteiger partial charge in [0.2, 0.25) is 4.96 Å². The zero-order valence-corrected chi connectivity index (χ0v) is 12.6. The fourth-order valence-corrected chi connectivity index (χ4v) is 4.59. The molecule has 0 amide bonds. The monoisotopic (exact) mass is 305 g/mol. The summed E-state index contributed by atoms with van der Waals surface area (Å²) >= 11 is 3.44. The number of thioether (sulfide) groups is 1. The van der Waals surface area contributed by atoms with Crippen LogP contribution in [-0.2, 0) is 4.74 Å². The first-order valence-corrected chi connectivity index (χ1v) is 8.69. The number of benzene rings is 1. The van der Waals surface area contributed by atoms with Gasteiger partial charge in [0.1, 0.15) is 0 Å². The quantitative estimate of drug-likeness (QED) is 0.693. The Morgan fingerprint density at radius 2 is 2.25 bits per heavy atom. The summed E-state index contributed by atoms with van der Waals surface area (Å²) < 4.78 is 9.20. The van der Waals surface area contributed by atoms with Gasteiger partial charge in [-0.15, -0.1) is 10.2 Å². The first kappa shape index (κ1) is 12.6. The van der Waals surface area contributed by atoms with Crippen molar-refractivity contribution in [1.29, 1.82) is 0 Å². The molecule has 104 valence electrons. The summed E-state index contributed by atoms with van der Waals surface area (Å²) in [5.41, 5.74) is 1.20. The van der Waals surface area contributed by atoms with Crippen molar-refractivity contribution >= 4 is 38.3 Å². The number of hydrogen-bond acceptors (Lipinski definition) is 5. The Balaban J connectivity index is 1.62. The molecule has 0 spiro atoms. The van der Waals surface area contributed by atoms with Gasteiger partial charge in [0.05, 0.1) is 16.3 Å². The predicted molar refractivity (Wildman–Crippen MR) is 82.7 cm³/mol. The van der Waals surface area contributed by atoms with Gasteiger partial charge in [-0.2, -0.15) is 0 Å². The van der Waals surface area contributed by atoms with Gasteiger partial charge >= 0.3 is 0 Å². The van der Waals surface area contributed by atoms with Gasteiger partial charge in [-0.1, -0.05) is 35.2 Å². The normalized spacial score (nSPS) is 19.9. The number of hydrogen-bond donors (Lipinski definition) is 0.